The second kappa shape index (κ2) is 9.72. The lowest BCUT2D eigenvalue weighted by molar-refractivity contribution is 0.928. The van der Waals surface area contributed by atoms with Gasteiger partial charge in [-0.2, -0.15) is 5.26 Å². The minimum absolute atomic E-state index is 0.665. The maximum Gasteiger partial charge on any atom is 0.163 e. The van der Waals surface area contributed by atoms with Gasteiger partial charge in [-0.05, 0) is 70.1 Å². The van der Waals surface area contributed by atoms with Crippen LogP contribution in [0.1, 0.15) is 17.2 Å². The molecular formula is C34H24N4. The molecule has 0 spiro atoms. The van der Waals surface area contributed by atoms with E-state index in [1.165, 1.54) is 16.3 Å². The van der Waals surface area contributed by atoms with Gasteiger partial charge < -0.3 is 0 Å². The average Bonchev–Trinajstić information content (AvgIpc) is 2.96. The van der Waals surface area contributed by atoms with E-state index in [4.69, 9.17) is 0 Å². The van der Waals surface area contributed by atoms with Crippen LogP contribution >= 0.6 is 0 Å². The van der Waals surface area contributed by atoms with Gasteiger partial charge in [0.05, 0.1) is 11.6 Å². The molecule has 4 nitrogen and oxygen atoms in total. The van der Waals surface area contributed by atoms with Crippen LogP contribution in [-0.2, 0) is 0 Å². The van der Waals surface area contributed by atoms with Gasteiger partial charge in [-0.25, -0.2) is 15.0 Å². The van der Waals surface area contributed by atoms with Gasteiger partial charge in [0.25, 0.3) is 0 Å². The molecule has 38 heavy (non-hydrogen) atoms. The molecule has 0 radical (unpaired) electrons. The molecule has 1 heterocycles. The van der Waals surface area contributed by atoms with Gasteiger partial charge in [0.1, 0.15) is 11.6 Å². The highest BCUT2D eigenvalue weighted by Crippen LogP contribution is 2.36. The van der Waals surface area contributed by atoms with Gasteiger partial charge in [-0.1, -0.05) is 97.1 Å². The standard InChI is InChI=1S/C34H24N4/c1-22-36-23(2)38-34(37-22)28-16-12-26(13-17-28)25-10-14-27(15-11-25)30-18-19-31(33-9-4-3-8-32(30)33)29-7-5-6-24(20-29)21-35/h3-20H,1-2H3. The third kappa shape index (κ3) is 4.42. The van der Waals surface area contributed by atoms with E-state index in [0.29, 0.717) is 11.4 Å². The molecule has 0 N–H and O–H groups in total. The van der Waals surface area contributed by atoms with E-state index in [-0.39, 0.29) is 0 Å². The van der Waals surface area contributed by atoms with Gasteiger partial charge in [-0.3, -0.25) is 0 Å². The highest BCUT2D eigenvalue weighted by atomic mass is 15.0. The first-order valence-electron chi connectivity index (χ1n) is 12.5. The van der Waals surface area contributed by atoms with Crippen molar-refractivity contribution in [1.29, 1.82) is 5.26 Å². The molecule has 0 bridgehead atoms. The molecule has 6 aromatic rings. The monoisotopic (exact) mass is 488 g/mol. The van der Waals surface area contributed by atoms with E-state index in [9.17, 15) is 5.26 Å². The number of nitriles is 1. The summed E-state index contributed by atoms with van der Waals surface area (Å²) in [6.07, 6.45) is 0. The molecule has 0 aliphatic heterocycles. The minimum Gasteiger partial charge on any atom is -0.219 e. The van der Waals surface area contributed by atoms with Crippen molar-refractivity contribution in [2.24, 2.45) is 0 Å². The lowest BCUT2D eigenvalue weighted by atomic mass is 9.91. The first-order chi connectivity index (χ1) is 18.6. The first-order valence-corrected chi connectivity index (χ1v) is 12.5. The van der Waals surface area contributed by atoms with E-state index in [2.05, 4.69) is 112 Å². The largest absolute Gasteiger partial charge is 0.219 e. The van der Waals surface area contributed by atoms with E-state index >= 15 is 0 Å². The van der Waals surface area contributed by atoms with Gasteiger partial charge in [0, 0.05) is 5.56 Å². The number of aromatic nitrogens is 3. The Balaban J connectivity index is 1.33. The van der Waals surface area contributed by atoms with E-state index in [1.54, 1.807) is 0 Å². The number of hydrogen-bond donors (Lipinski definition) is 0. The van der Waals surface area contributed by atoms with E-state index in [1.807, 2.05) is 32.0 Å². The van der Waals surface area contributed by atoms with Crippen molar-refractivity contribution in [3.63, 3.8) is 0 Å². The smallest absolute Gasteiger partial charge is 0.163 e. The fraction of sp³-hybridized carbons (Fsp3) is 0.0588. The Hall–Kier alpha value is -5.14. The SMILES string of the molecule is Cc1nc(C)nc(-c2ccc(-c3ccc(-c4ccc(-c5cccc(C#N)c5)c5ccccc45)cc3)cc2)n1. The van der Waals surface area contributed by atoms with Crippen molar-refractivity contribution in [3.8, 4) is 50.8 Å². The number of hydrogen-bond acceptors (Lipinski definition) is 4. The number of fused-ring (bicyclic) bond motifs is 1. The van der Waals surface area contributed by atoms with Crippen LogP contribution < -0.4 is 0 Å². The predicted octanol–water partition coefficient (Wildman–Crippen LogP) is 8.18. The maximum atomic E-state index is 9.35. The predicted molar refractivity (Wildman–Crippen MR) is 153 cm³/mol. The normalized spacial score (nSPS) is 10.9. The number of rotatable bonds is 4. The zero-order chi connectivity index (χ0) is 26.1. The summed E-state index contributed by atoms with van der Waals surface area (Å²) in [5.74, 6) is 2.15. The van der Waals surface area contributed by atoms with Crippen LogP contribution in [0.25, 0.3) is 55.5 Å². The molecule has 0 amide bonds. The van der Waals surface area contributed by atoms with Crippen LogP contribution in [0.15, 0.2) is 109 Å². The van der Waals surface area contributed by atoms with Gasteiger partial charge in [0.15, 0.2) is 5.82 Å². The van der Waals surface area contributed by atoms with Crippen molar-refractivity contribution in [2.45, 2.75) is 13.8 Å². The Kier molecular flexibility index (Phi) is 5.95. The third-order valence-electron chi connectivity index (χ3n) is 6.76. The average molecular weight is 489 g/mol. The summed E-state index contributed by atoms with van der Waals surface area (Å²) in [5, 5.41) is 11.7. The first kappa shape index (κ1) is 23.3. The summed E-state index contributed by atoms with van der Waals surface area (Å²) in [7, 11) is 0. The Bertz CT molecular complexity index is 1810. The van der Waals surface area contributed by atoms with Crippen molar-refractivity contribution >= 4 is 10.8 Å². The fourth-order valence-corrected chi connectivity index (χ4v) is 4.96. The van der Waals surface area contributed by atoms with E-state index in [0.717, 1.165) is 45.0 Å². The molecule has 4 heteroatoms. The highest BCUT2D eigenvalue weighted by molar-refractivity contribution is 6.05. The highest BCUT2D eigenvalue weighted by Gasteiger charge is 2.11. The van der Waals surface area contributed by atoms with Crippen LogP contribution in [0.2, 0.25) is 0 Å². The summed E-state index contributed by atoms with van der Waals surface area (Å²) in [6, 6.07) is 39.9. The second-order valence-electron chi connectivity index (χ2n) is 9.31. The van der Waals surface area contributed by atoms with Crippen molar-refractivity contribution in [2.75, 3.05) is 0 Å². The second-order valence-corrected chi connectivity index (χ2v) is 9.31. The molecular weight excluding hydrogens is 464 g/mol. The number of nitrogens with zero attached hydrogens (tertiary/aromatic N) is 4. The van der Waals surface area contributed by atoms with Crippen LogP contribution in [0.4, 0.5) is 0 Å². The summed E-state index contributed by atoms with van der Waals surface area (Å²) in [6.45, 7) is 3.77. The van der Waals surface area contributed by atoms with Gasteiger partial charge in [0.2, 0.25) is 0 Å². The molecule has 0 aliphatic carbocycles. The Morgan fingerprint density at radius 1 is 0.500 bits per heavy atom. The molecule has 180 valence electrons. The molecule has 0 aliphatic rings. The Morgan fingerprint density at radius 2 is 1.03 bits per heavy atom. The third-order valence-corrected chi connectivity index (χ3v) is 6.76. The summed E-state index contributed by atoms with van der Waals surface area (Å²) in [4.78, 5) is 13.2. The minimum atomic E-state index is 0.665. The lowest BCUT2D eigenvalue weighted by Gasteiger charge is -2.13. The zero-order valence-corrected chi connectivity index (χ0v) is 21.2. The van der Waals surface area contributed by atoms with Gasteiger partial charge >= 0.3 is 0 Å². The van der Waals surface area contributed by atoms with Crippen molar-refractivity contribution < 1.29 is 0 Å². The van der Waals surface area contributed by atoms with Crippen LogP contribution in [0, 0.1) is 25.2 Å². The molecule has 1 aromatic heterocycles. The van der Waals surface area contributed by atoms with Gasteiger partial charge in [-0.15, -0.1) is 0 Å². The van der Waals surface area contributed by atoms with Crippen molar-refractivity contribution in [1.82, 2.24) is 15.0 Å². The maximum absolute atomic E-state index is 9.35. The molecule has 0 unspecified atom stereocenters. The molecule has 0 atom stereocenters. The fourth-order valence-electron chi connectivity index (χ4n) is 4.96. The number of aryl methyl sites for hydroxylation is 2. The zero-order valence-electron chi connectivity index (χ0n) is 21.2. The molecule has 0 saturated heterocycles. The molecule has 5 aromatic carbocycles. The van der Waals surface area contributed by atoms with E-state index < -0.39 is 0 Å². The summed E-state index contributed by atoms with van der Waals surface area (Å²) in [5.41, 5.74) is 8.45. The molecule has 0 fully saturated rings. The Morgan fingerprint density at radius 3 is 1.61 bits per heavy atom. The summed E-state index contributed by atoms with van der Waals surface area (Å²) >= 11 is 0. The quantitative estimate of drug-likeness (QED) is 0.251. The van der Waals surface area contributed by atoms with Crippen molar-refractivity contribution in [3.05, 3.63) is 126 Å². The topological polar surface area (TPSA) is 62.5 Å². The molecule has 6 rings (SSSR count). The number of benzene rings is 5. The molecule has 0 saturated carbocycles. The summed E-state index contributed by atoms with van der Waals surface area (Å²) < 4.78 is 0. The van der Waals surface area contributed by atoms with Crippen LogP contribution in [0.3, 0.4) is 0 Å². The van der Waals surface area contributed by atoms with Crippen LogP contribution in [-0.4, -0.2) is 15.0 Å². The Labute approximate surface area is 221 Å². The van der Waals surface area contributed by atoms with Crippen LogP contribution in [0.5, 0.6) is 0 Å². The lowest BCUT2D eigenvalue weighted by Crippen LogP contribution is -1.98.